The second-order valence-electron chi connectivity index (χ2n) is 2.35. The first-order chi connectivity index (χ1) is 4.93. The first kappa shape index (κ1) is 9.48. The third-order valence-corrected chi connectivity index (χ3v) is 3.38. The smallest absolute Gasteiger partial charge is 0.270 e. The Morgan fingerprint density at radius 1 is 1.55 bits per heavy atom. The lowest BCUT2D eigenvalue weighted by molar-refractivity contribution is -0.170. The van der Waals surface area contributed by atoms with E-state index >= 15 is 0 Å². The maximum absolute atomic E-state index is 12.1. The van der Waals surface area contributed by atoms with Gasteiger partial charge in [0.2, 0.25) is 0 Å². The van der Waals surface area contributed by atoms with Crippen molar-refractivity contribution in [3.8, 4) is 0 Å². The van der Waals surface area contributed by atoms with Crippen molar-refractivity contribution >= 4 is 23.4 Å². The third kappa shape index (κ3) is 1.95. The van der Waals surface area contributed by atoms with Crippen LogP contribution >= 0.6 is 23.4 Å². The standard InChI is InChI=1S/C5H7ClF3NS/c1-10-3(5(7,8)9)2-11-4(10)6/h3-4H,2H2,1H3. The van der Waals surface area contributed by atoms with Gasteiger partial charge >= 0.3 is 6.18 Å². The minimum atomic E-state index is -4.15. The second kappa shape index (κ2) is 3.03. The maximum atomic E-state index is 12.1. The van der Waals surface area contributed by atoms with Crippen LogP contribution in [0.5, 0.6) is 0 Å². The molecule has 1 heterocycles. The molecule has 6 heteroatoms. The summed E-state index contributed by atoms with van der Waals surface area (Å²) in [5.41, 5.74) is 0. The Hall–Kier alpha value is 0.390. The number of hydrogen-bond acceptors (Lipinski definition) is 2. The van der Waals surface area contributed by atoms with Gasteiger partial charge in [-0.25, -0.2) is 0 Å². The molecule has 1 aliphatic heterocycles. The van der Waals surface area contributed by atoms with Crippen molar-refractivity contribution < 1.29 is 13.2 Å². The molecule has 0 aromatic rings. The van der Waals surface area contributed by atoms with Crippen LogP contribution in [0.4, 0.5) is 13.2 Å². The van der Waals surface area contributed by atoms with Crippen LogP contribution in [0.2, 0.25) is 0 Å². The summed E-state index contributed by atoms with van der Waals surface area (Å²) < 4.78 is 36.2. The Morgan fingerprint density at radius 2 is 2.09 bits per heavy atom. The van der Waals surface area contributed by atoms with E-state index in [2.05, 4.69) is 0 Å². The first-order valence-corrected chi connectivity index (χ1v) is 4.46. The van der Waals surface area contributed by atoms with Crippen LogP contribution < -0.4 is 0 Å². The Balaban J connectivity index is 2.62. The van der Waals surface area contributed by atoms with Gasteiger partial charge < -0.3 is 0 Å². The minimum Gasteiger partial charge on any atom is -0.270 e. The van der Waals surface area contributed by atoms with Gasteiger partial charge in [-0.1, -0.05) is 11.6 Å². The lowest BCUT2D eigenvalue weighted by atomic mass is 10.3. The summed E-state index contributed by atoms with van der Waals surface area (Å²) in [7, 11) is 1.38. The molecule has 0 aromatic carbocycles. The van der Waals surface area contributed by atoms with Gasteiger partial charge in [-0.15, -0.1) is 11.8 Å². The fraction of sp³-hybridized carbons (Fsp3) is 1.00. The minimum absolute atomic E-state index is 0.0359. The summed E-state index contributed by atoms with van der Waals surface area (Å²) in [4.78, 5) is 0.591. The molecule has 0 N–H and O–H groups in total. The van der Waals surface area contributed by atoms with E-state index in [9.17, 15) is 13.2 Å². The summed E-state index contributed by atoms with van der Waals surface area (Å²) >= 11 is 6.66. The van der Waals surface area contributed by atoms with Crippen LogP contribution in [0, 0.1) is 0 Å². The fourth-order valence-corrected chi connectivity index (χ4v) is 2.37. The highest BCUT2D eigenvalue weighted by atomic mass is 35.5. The van der Waals surface area contributed by atoms with Crippen molar-refractivity contribution in [2.24, 2.45) is 0 Å². The molecule has 1 rings (SSSR count). The molecule has 0 aliphatic carbocycles. The highest BCUT2D eigenvalue weighted by Gasteiger charge is 2.47. The number of rotatable bonds is 0. The predicted octanol–water partition coefficient (Wildman–Crippen LogP) is 2.12. The topological polar surface area (TPSA) is 3.24 Å². The summed E-state index contributed by atoms with van der Waals surface area (Å²) in [6.07, 6.45) is -4.15. The van der Waals surface area contributed by atoms with E-state index in [0.717, 1.165) is 16.7 Å². The predicted molar refractivity (Wildman–Crippen MR) is 39.7 cm³/mol. The second-order valence-corrected chi connectivity index (χ2v) is 4.13. The number of halogens is 4. The quantitative estimate of drug-likeness (QED) is 0.440. The zero-order valence-electron chi connectivity index (χ0n) is 5.73. The van der Waals surface area contributed by atoms with Crippen molar-refractivity contribution in [1.29, 1.82) is 0 Å². The van der Waals surface area contributed by atoms with Gasteiger partial charge in [0.25, 0.3) is 0 Å². The molecule has 1 saturated heterocycles. The average molecular weight is 206 g/mol. The Kier molecular flexibility index (Phi) is 2.61. The summed E-state index contributed by atoms with van der Waals surface area (Å²) in [5.74, 6) is 0.0359. The molecule has 2 unspecified atom stereocenters. The van der Waals surface area contributed by atoms with E-state index in [0.29, 0.717) is 0 Å². The third-order valence-electron chi connectivity index (χ3n) is 1.58. The molecule has 1 fully saturated rings. The molecule has 0 saturated carbocycles. The SMILES string of the molecule is CN1C(Cl)SCC1C(F)(F)F. The van der Waals surface area contributed by atoms with E-state index in [1.54, 1.807) is 0 Å². The monoisotopic (exact) mass is 205 g/mol. The van der Waals surface area contributed by atoms with Crippen LogP contribution in [-0.4, -0.2) is 34.8 Å². The van der Waals surface area contributed by atoms with E-state index in [1.807, 2.05) is 0 Å². The van der Waals surface area contributed by atoms with E-state index in [4.69, 9.17) is 11.6 Å². The molecule has 1 nitrogen and oxygen atoms in total. The van der Waals surface area contributed by atoms with Gasteiger partial charge in [-0.05, 0) is 7.05 Å². The Labute approximate surface area is 71.9 Å². The van der Waals surface area contributed by atoms with Crippen LogP contribution in [0.25, 0.3) is 0 Å². The van der Waals surface area contributed by atoms with Crippen LogP contribution in [0.3, 0.4) is 0 Å². The molecule has 11 heavy (non-hydrogen) atoms. The fourth-order valence-electron chi connectivity index (χ4n) is 0.873. The molecule has 0 amide bonds. The normalized spacial score (nSPS) is 34.6. The highest BCUT2D eigenvalue weighted by molar-refractivity contribution is 8.01. The molecule has 0 bridgehead atoms. The molecule has 66 valence electrons. The lowest BCUT2D eigenvalue weighted by Crippen LogP contribution is -2.42. The van der Waals surface area contributed by atoms with Crippen molar-refractivity contribution in [1.82, 2.24) is 4.90 Å². The average Bonchev–Trinajstić information content (AvgIpc) is 2.11. The zero-order valence-corrected chi connectivity index (χ0v) is 7.30. The van der Waals surface area contributed by atoms with Gasteiger partial charge in [-0.2, -0.15) is 13.2 Å². The van der Waals surface area contributed by atoms with E-state index < -0.39 is 17.1 Å². The van der Waals surface area contributed by atoms with Crippen LogP contribution in [0.15, 0.2) is 0 Å². The summed E-state index contributed by atoms with van der Waals surface area (Å²) in [5, 5.41) is 0. The van der Waals surface area contributed by atoms with E-state index in [-0.39, 0.29) is 5.75 Å². The van der Waals surface area contributed by atoms with Crippen molar-refractivity contribution in [2.45, 2.75) is 17.1 Å². The van der Waals surface area contributed by atoms with Crippen molar-refractivity contribution in [3.63, 3.8) is 0 Å². The van der Waals surface area contributed by atoms with Crippen LogP contribution in [-0.2, 0) is 0 Å². The van der Waals surface area contributed by atoms with Gasteiger partial charge in [0.15, 0.2) is 0 Å². The molecule has 0 spiro atoms. The maximum Gasteiger partial charge on any atom is 0.404 e. The number of nitrogens with zero attached hydrogens (tertiary/aromatic N) is 1. The van der Waals surface area contributed by atoms with Crippen LogP contribution in [0.1, 0.15) is 0 Å². The van der Waals surface area contributed by atoms with Gasteiger partial charge in [-0.3, -0.25) is 4.90 Å². The molecular formula is C5H7ClF3NS. The first-order valence-electron chi connectivity index (χ1n) is 2.97. The summed E-state index contributed by atoms with van der Waals surface area (Å²) in [6.45, 7) is 0. The lowest BCUT2D eigenvalue weighted by Gasteiger charge is -2.22. The molecular weight excluding hydrogens is 199 g/mol. The van der Waals surface area contributed by atoms with Gasteiger partial charge in [0.1, 0.15) is 10.9 Å². The molecule has 2 atom stereocenters. The van der Waals surface area contributed by atoms with Crippen molar-refractivity contribution in [2.75, 3.05) is 12.8 Å². The Bertz CT molecular complexity index is 151. The largest absolute Gasteiger partial charge is 0.404 e. The molecule has 0 aromatic heterocycles. The van der Waals surface area contributed by atoms with Gasteiger partial charge in [0.05, 0.1) is 0 Å². The number of thioether (sulfide) groups is 1. The summed E-state index contributed by atoms with van der Waals surface area (Å²) in [6, 6.07) is -1.38. The van der Waals surface area contributed by atoms with Gasteiger partial charge in [0, 0.05) is 5.75 Å². The molecule has 1 aliphatic rings. The number of alkyl halides is 4. The zero-order chi connectivity index (χ0) is 8.65. The van der Waals surface area contributed by atoms with Crippen molar-refractivity contribution in [3.05, 3.63) is 0 Å². The molecule has 0 radical (unpaired) electrons. The highest BCUT2D eigenvalue weighted by Crippen LogP contribution is 2.37. The number of hydrogen-bond donors (Lipinski definition) is 0. The van der Waals surface area contributed by atoms with E-state index in [1.165, 1.54) is 7.05 Å². The Morgan fingerprint density at radius 3 is 2.27 bits per heavy atom.